The summed E-state index contributed by atoms with van der Waals surface area (Å²) in [5.41, 5.74) is 6.46. The second-order valence-electron chi connectivity index (χ2n) is 4.88. The zero-order chi connectivity index (χ0) is 14.0. The minimum Gasteiger partial charge on any atom is -0.508 e. The number of nitrogens with zero attached hydrogens (tertiary/aromatic N) is 2. The van der Waals surface area contributed by atoms with Crippen molar-refractivity contribution in [3.63, 3.8) is 0 Å². The molecule has 0 saturated heterocycles. The number of phenolic OH excluding ortho intramolecular Hbond substituents is 1. The summed E-state index contributed by atoms with van der Waals surface area (Å²) in [6.07, 6.45) is 2.56. The Morgan fingerprint density at radius 1 is 1.26 bits per heavy atom. The van der Waals surface area contributed by atoms with E-state index in [1.807, 2.05) is 26.8 Å². The number of nitrogens with one attached hydrogen (secondary N) is 1. The largest absolute Gasteiger partial charge is 0.508 e. The lowest BCUT2D eigenvalue weighted by Crippen LogP contribution is -2.23. The van der Waals surface area contributed by atoms with Gasteiger partial charge in [-0.1, -0.05) is 10.5 Å². The molecule has 1 aromatic carbocycles. The Bertz CT molecular complexity index is 589. The van der Waals surface area contributed by atoms with Crippen LogP contribution in [0.3, 0.4) is 0 Å². The van der Waals surface area contributed by atoms with E-state index < -0.39 is 0 Å². The van der Waals surface area contributed by atoms with Gasteiger partial charge >= 0.3 is 5.84 Å². The highest BCUT2D eigenvalue weighted by atomic mass is 16.3. The van der Waals surface area contributed by atoms with Crippen LogP contribution in [-0.2, 0) is 0 Å². The van der Waals surface area contributed by atoms with Gasteiger partial charge in [-0.15, -0.1) is 0 Å². The van der Waals surface area contributed by atoms with Crippen molar-refractivity contribution in [2.45, 2.75) is 27.2 Å². The molecule has 2 N–H and O–H groups in total. The van der Waals surface area contributed by atoms with E-state index in [9.17, 15) is 10.0 Å². The van der Waals surface area contributed by atoms with Crippen LogP contribution in [0.5, 0.6) is 5.75 Å². The number of hydrogen-bond acceptors (Lipinski definition) is 4. The van der Waals surface area contributed by atoms with Gasteiger partial charge in [0.05, 0.1) is 10.8 Å². The first kappa shape index (κ1) is 13.3. The first-order valence-electron chi connectivity index (χ1n) is 6.23. The molecule has 0 saturated carbocycles. The third-order valence-corrected chi connectivity index (χ3v) is 3.17. The van der Waals surface area contributed by atoms with Gasteiger partial charge in [-0.05, 0) is 48.8 Å². The maximum atomic E-state index is 11.6. The van der Waals surface area contributed by atoms with E-state index in [2.05, 4.69) is 10.5 Å². The molecule has 0 spiro atoms. The Morgan fingerprint density at radius 3 is 2.74 bits per heavy atom. The maximum Gasteiger partial charge on any atom is 0.385 e. The van der Waals surface area contributed by atoms with Gasteiger partial charge in [0.15, 0.2) is 0 Å². The molecule has 2 rings (SSSR count). The molecule has 0 aromatic heterocycles. The summed E-state index contributed by atoms with van der Waals surface area (Å²) in [4.78, 5) is 11.6. The van der Waals surface area contributed by atoms with Crippen molar-refractivity contribution in [2.75, 3.05) is 12.0 Å². The lowest BCUT2D eigenvalue weighted by molar-refractivity contribution is -0.431. The van der Waals surface area contributed by atoms with Gasteiger partial charge in [-0.3, -0.25) is 0 Å². The molecule has 0 unspecified atom stereocenters. The molecule has 5 nitrogen and oxygen atoms in total. The number of hydrazone groups is 1. The molecule has 19 heavy (non-hydrogen) atoms. The molecule has 100 valence electrons. The van der Waals surface area contributed by atoms with E-state index in [1.54, 1.807) is 12.1 Å². The van der Waals surface area contributed by atoms with Gasteiger partial charge in [0.1, 0.15) is 12.3 Å². The second kappa shape index (κ2) is 5.22. The number of hydrogen-bond donors (Lipinski definition) is 2. The summed E-state index contributed by atoms with van der Waals surface area (Å²) in [6, 6.07) is 3.48. The average Bonchev–Trinajstić information content (AvgIpc) is 2.36. The van der Waals surface area contributed by atoms with Crippen LogP contribution in [0.4, 0.5) is 5.69 Å². The minimum atomic E-state index is 0.259. The SMILES string of the molecule is CC1=CC(=NNc2cc(C)c(O)cc2C)[N+](=O)CC1. The highest BCUT2D eigenvalue weighted by Gasteiger charge is 2.21. The number of phenols is 1. The fraction of sp³-hybridized carbons (Fsp3) is 0.357. The molecule has 1 aliphatic heterocycles. The maximum absolute atomic E-state index is 11.6. The third kappa shape index (κ3) is 2.99. The van der Waals surface area contributed by atoms with Gasteiger partial charge in [0.2, 0.25) is 0 Å². The Hall–Kier alpha value is -2.17. The monoisotopic (exact) mass is 260 g/mol. The predicted molar refractivity (Wildman–Crippen MR) is 75.5 cm³/mol. The Labute approximate surface area is 112 Å². The fourth-order valence-corrected chi connectivity index (χ4v) is 1.88. The molecule has 5 heteroatoms. The van der Waals surface area contributed by atoms with Gasteiger partial charge in [0.25, 0.3) is 0 Å². The van der Waals surface area contributed by atoms with Crippen molar-refractivity contribution in [2.24, 2.45) is 5.10 Å². The van der Waals surface area contributed by atoms with Crippen LogP contribution in [0.2, 0.25) is 0 Å². The van der Waals surface area contributed by atoms with Crippen LogP contribution in [0.1, 0.15) is 24.5 Å². The van der Waals surface area contributed by atoms with Crippen LogP contribution in [0.25, 0.3) is 0 Å². The summed E-state index contributed by atoms with van der Waals surface area (Å²) < 4.78 is 0.878. The number of benzene rings is 1. The van der Waals surface area contributed by atoms with Crippen molar-refractivity contribution in [3.8, 4) is 5.75 Å². The average molecular weight is 260 g/mol. The summed E-state index contributed by atoms with van der Waals surface area (Å²) in [6.45, 7) is 6.12. The quantitative estimate of drug-likeness (QED) is 0.488. The smallest absolute Gasteiger partial charge is 0.385 e. The summed E-state index contributed by atoms with van der Waals surface area (Å²) in [7, 11) is 0. The number of nitroso groups, excluding NO2 is 1. The summed E-state index contributed by atoms with van der Waals surface area (Å²) in [5, 5.41) is 13.7. The highest BCUT2D eigenvalue weighted by molar-refractivity contribution is 5.87. The van der Waals surface area contributed by atoms with E-state index >= 15 is 0 Å². The topological polar surface area (TPSA) is 64.7 Å². The molecule has 1 aliphatic rings. The lowest BCUT2D eigenvalue weighted by Gasteiger charge is -2.07. The normalized spacial score (nSPS) is 17.5. The molecule has 0 radical (unpaired) electrons. The molecule has 1 aromatic rings. The van der Waals surface area contributed by atoms with E-state index in [0.717, 1.165) is 33.6 Å². The molecular formula is C14H18N3O2+. The van der Waals surface area contributed by atoms with E-state index in [-0.39, 0.29) is 5.75 Å². The van der Waals surface area contributed by atoms with Crippen molar-refractivity contribution < 1.29 is 9.87 Å². The second-order valence-corrected chi connectivity index (χ2v) is 4.88. The van der Waals surface area contributed by atoms with Crippen molar-refractivity contribution >= 4 is 11.5 Å². The summed E-state index contributed by atoms with van der Waals surface area (Å²) >= 11 is 0. The Balaban J connectivity index is 2.25. The third-order valence-electron chi connectivity index (χ3n) is 3.17. The first-order chi connectivity index (χ1) is 8.97. The number of aryl methyl sites for hydroxylation is 2. The van der Waals surface area contributed by atoms with Gasteiger partial charge < -0.3 is 5.11 Å². The van der Waals surface area contributed by atoms with Crippen LogP contribution >= 0.6 is 0 Å². The number of aromatic hydroxyl groups is 1. The first-order valence-corrected chi connectivity index (χ1v) is 6.23. The zero-order valence-corrected chi connectivity index (χ0v) is 11.4. The standard InChI is InChI=1S/C14H17N3O2/c1-9-4-5-17(19)14(6-9)16-15-12-7-11(3)13(18)8-10(12)2/h6-8H,4-5H2,1-3H3,(H-,15,16,18,19)/p+1. The Morgan fingerprint density at radius 2 is 2.00 bits per heavy atom. The number of amidine groups is 1. The number of anilines is 1. The van der Waals surface area contributed by atoms with Gasteiger partial charge in [-0.25, -0.2) is 0 Å². The van der Waals surface area contributed by atoms with Gasteiger partial charge in [0, 0.05) is 12.5 Å². The summed E-state index contributed by atoms with van der Waals surface area (Å²) in [5.74, 6) is 0.642. The molecule has 0 aliphatic carbocycles. The van der Waals surface area contributed by atoms with Crippen LogP contribution in [-0.4, -0.2) is 22.2 Å². The van der Waals surface area contributed by atoms with Crippen molar-refractivity contribution in [3.05, 3.63) is 39.8 Å². The molecule has 0 fully saturated rings. The van der Waals surface area contributed by atoms with Crippen LogP contribution in [0, 0.1) is 18.8 Å². The fourth-order valence-electron chi connectivity index (χ4n) is 1.88. The molecular weight excluding hydrogens is 242 g/mol. The lowest BCUT2D eigenvalue weighted by atomic mass is 10.1. The highest BCUT2D eigenvalue weighted by Crippen LogP contribution is 2.25. The molecule has 0 amide bonds. The molecule has 1 heterocycles. The number of rotatable bonds is 2. The van der Waals surface area contributed by atoms with Crippen molar-refractivity contribution in [1.29, 1.82) is 0 Å². The van der Waals surface area contributed by atoms with Crippen LogP contribution in [0.15, 0.2) is 28.9 Å². The predicted octanol–water partition coefficient (Wildman–Crippen LogP) is 2.86. The van der Waals surface area contributed by atoms with E-state index in [4.69, 9.17) is 0 Å². The van der Waals surface area contributed by atoms with Crippen LogP contribution < -0.4 is 5.43 Å². The van der Waals surface area contributed by atoms with E-state index in [0.29, 0.717) is 12.4 Å². The molecule has 0 atom stereocenters. The Kier molecular flexibility index (Phi) is 3.64. The minimum absolute atomic E-state index is 0.259. The van der Waals surface area contributed by atoms with Gasteiger partial charge in [-0.2, -0.15) is 5.43 Å². The zero-order valence-electron chi connectivity index (χ0n) is 11.4. The van der Waals surface area contributed by atoms with E-state index in [1.165, 1.54) is 0 Å². The molecule has 0 bridgehead atoms. The van der Waals surface area contributed by atoms with Crippen molar-refractivity contribution in [1.82, 2.24) is 0 Å².